The fourth-order valence-corrected chi connectivity index (χ4v) is 1.26. The zero-order valence-electron chi connectivity index (χ0n) is 7.28. The summed E-state index contributed by atoms with van der Waals surface area (Å²) in [6, 6.07) is 0. The Balaban J connectivity index is 3.00. The van der Waals surface area contributed by atoms with Gasteiger partial charge in [-0.15, -0.1) is 0 Å². The lowest BCUT2D eigenvalue weighted by Gasteiger charge is -1.92. The number of nitrogens with zero attached hydrogens (tertiary/aromatic N) is 2. The Labute approximate surface area is 81.1 Å². The van der Waals surface area contributed by atoms with Crippen LogP contribution in [-0.4, -0.2) is 20.6 Å². The molecular formula is C7H11N3O2S. The van der Waals surface area contributed by atoms with E-state index >= 15 is 0 Å². The number of aromatic amines is 1. The van der Waals surface area contributed by atoms with Crippen LogP contribution in [0.5, 0.6) is 0 Å². The molecule has 1 heterocycles. The molecule has 0 amide bonds. The largest absolute Gasteiger partial charge is 0.358 e. The zero-order valence-corrected chi connectivity index (χ0v) is 8.17. The summed E-state index contributed by atoms with van der Waals surface area (Å²) in [5.74, 6) is 1.23. The highest BCUT2D eigenvalue weighted by Crippen LogP contribution is 2.16. The van der Waals surface area contributed by atoms with Crippen LogP contribution in [0.3, 0.4) is 0 Å². The van der Waals surface area contributed by atoms with Crippen molar-refractivity contribution in [2.45, 2.75) is 19.8 Å². The Morgan fingerprint density at radius 3 is 2.85 bits per heavy atom. The van der Waals surface area contributed by atoms with E-state index in [4.69, 9.17) is 0 Å². The Bertz CT molecular complexity index is 311. The minimum atomic E-state index is -0.440. The maximum Gasteiger partial charge on any atom is 0.343 e. The van der Waals surface area contributed by atoms with Gasteiger partial charge in [-0.3, -0.25) is 0 Å². The summed E-state index contributed by atoms with van der Waals surface area (Å²) in [4.78, 5) is 16.9. The number of hydrogen-bond acceptors (Lipinski definition) is 4. The molecule has 0 aliphatic carbocycles. The van der Waals surface area contributed by atoms with Crippen LogP contribution in [0.1, 0.15) is 18.4 Å². The number of H-pyrrole nitrogens is 1. The maximum atomic E-state index is 10.5. The van der Waals surface area contributed by atoms with Crippen molar-refractivity contribution >= 4 is 18.4 Å². The van der Waals surface area contributed by atoms with Crippen LogP contribution < -0.4 is 0 Å². The number of rotatable bonds is 4. The van der Waals surface area contributed by atoms with E-state index in [0.29, 0.717) is 30.1 Å². The first kappa shape index (κ1) is 10.0. The molecule has 0 fully saturated rings. The summed E-state index contributed by atoms with van der Waals surface area (Å²) >= 11 is 4.01. The van der Waals surface area contributed by atoms with Gasteiger partial charge in [0.2, 0.25) is 0 Å². The fraction of sp³-hybridized carbons (Fsp3) is 0.571. The molecule has 1 aromatic heterocycles. The maximum absolute atomic E-state index is 10.5. The third-order valence-electron chi connectivity index (χ3n) is 1.67. The van der Waals surface area contributed by atoms with Crippen LogP contribution in [0.2, 0.25) is 0 Å². The van der Waals surface area contributed by atoms with Gasteiger partial charge < -0.3 is 10.1 Å². The van der Waals surface area contributed by atoms with E-state index in [-0.39, 0.29) is 5.82 Å². The van der Waals surface area contributed by atoms with Crippen LogP contribution in [-0.2, 0) is 12.8 Å². The summed E-state index contributed by atoms with van der Waals surface area (Å²) < 4.78 is 0. The van der Waals surface area contributed by atoms with Gasteiger partial charge in [-0.1, -0.05) is 6.92 Å². The van der Waals surface area contributed by atoms with E-state index in [1.165, 1.54) is 0 Å². The van der Waals surface area contributed by atoms with Crippen molar-refractivity contribution in [3.05, 3.63) is 21.6 Å². The topological polar surface area (TPSA) is 71.8 Å². The molecule has 6 heteroatoms. The number of hydrogen-bond donors (Lipinski definition) is 2. The lowest BCUT2D eigenvalue weighted by Crippen LogP contribution is -1.95. The smallest absolute Gasteiger partial charge is 0.343 e. The molecule has 5 nitrogen and oxygen atoms in total. The highest BCUT2D eigenvalue weighted by atomic mass is 32.1. The molecule has 0 unspecified atom stereocenters. The SMILES string of the molecule is CCc1nc(CCS)c([N+](=O)[O-])[nH]1. The van der Waals surface area contributed by atoms with Gasteiger partial charge in [-0.2, -0.15) is 12.6 Å². The second-order valence-electron chi connectivity index (χ2n) is 2.56. The summed E-state index contributed by atoms with van der Waals surface area (Å²) in [6.45, 7) is 1.90. The molecule has 0 atom stereocenters. The third-order valence-corrected chi connectivity index (χ3v) is 1.90. The molecule has 1 N–H and O–H groups in total. The van der Waals surface area contributed by atoms with E-state index in [1.807, 2.05) is 6.92 Å². The van der Waals surface area contributed by atoms with Crippen LogP contribution in [0.15, 0.2) is 0 Å². The van der Waals surface area contributed by atoms with E-state index in [2.05, 4.69) is 22.6 Å². The van der Waals surface area contributed by atoms with Crippen molar-refractivity contribution in [2.24, 2.45) is 0 Å². The van der Waals surface area contributed by atoms with Crippen LogP contribution >= 0.6 is 12.6 Å². The fourth-order valence-electron chi connectivity index (χ4n) is 1.05. The number of nitrogens with one attached hydrogen (secondary N) is 1. The molecule has 0 aliphatic rings. The van der Waals surface area contributed by atoms with Crippen LogP contribution in [0.25, 0.3) is 0 Å². The van der Waals surface area contributed by atoms with Crippen molar-refractivity contribution < 1.29 is 4.92 Å². The van der Waals surface area contributed by atoms with Gasteiger partial charge in [0, 0.05) is 12.8 Å². The average molecular weight is 201 g/mol. The van der Waals surface area contributed by atoms with Gasteiger partial charge in [0.15, 0.2) is 5.82 Å². The van der Waals surface area contributed by atoms with Gasteiger partial charge in [0.05, 0.1) is 0 Å². The minimum Gasteiger partial charge on any atom is -0.358 e. The van der Waals surface area contributed by atoms with Crippen LogP contribution in [0, 0.1) is 10.1 Å². The standard InChI is InChI=1S/C7H11N3O2S/c1-2-6-8-5(3-4-13)7(9-6)10(11)12/h13H,2-4H2,1H3,(H,8,9). The lowest BCUT2D eigenvalue weighted by molar-refractivity contribution is -0.390. The highest BCUT2D eigenvalue weighted by molar-refractivity contribution is 7.80. The lowest BCUT2D eigenvalue weighted by atomic mass is 10.3. The van der Waals surface area contributed by atoms with Crippen molar-refractivity contribution in [1.82, 2.24) is 9.97 Å². The number of aryl methyl sites for hydroxylation is 2. The van der Waals surface area contributed by atoms with Crippen molar-refractivity contribution in [3.63, 3.8) is 0 Å². The summed E-state index contributed by atoms with van der Waals surface area (Å²) in [5.41, 5.74) is 0.497. The summed E-state index contributed by atoms with van der Waals surface area (Å²) in [6.07, 6.45) is 1.20. The molecule has 0 spiro atoms. The first-order chi connectivity index (χ1) is 6.19. The number of imidazole rings is 1. The molecular weight excluding hydrogens is 190 g/mol. The minimum absolute atomic E-state index is 0.00546. The van der Waals surface area contributed by atoms with Gasteiger partial charge >= 0.3 is 5.82 Å². The average Bonchev–Trinajstić information content (AvgIpc) is 2.48. The first-order valence-electron chi connectivity index (χ1n) is 4.02. The van der Waals surface area contributed by atoms with Gasteiger partial charge in [-0.05, 0) is 10.7 Å². The molecule has 0 saturated carbocycles. The van der Waals surface area contributed by atoms with E-state index < -0.39 is 4.92 Å². The van der Waals surface area contributed by atoms with Gasteiger partial charge in [-0.25, -0.2) is 9.97 Å². The third kappa shape index (κ3) is 2.21. The monoisotopic (exact) mass is 201 g/mol. The number of aromatic nitrogens is 2. The molecule has 72 valence electrons. The zero-order chi connectivity index (χ0) is 9.84. The normalized spacial score (nSPS) is 10.3. The molecule has 1 rings (SSSR count). The molecule has 1 aromatic rings. The second-order valence-corrected chi connectivity index (χ2v) is 3.01. The van der Waals surface area contributed by atoms with Crippen molar-refractivity contribution in [1.29, 1.82) is 0 Å². The van der Waals surface area contributed by atoms with E-state index in [1.54, 1.807) is 0 Å². The van der Waals surface area contributed by atoms with Crippen molar-refractivity contribution in [2.75, 3.05) is 5.75 Å². The molecule has 0 saturated heterocycles. The molecule has 0 radical (unpaired) electrons. The molecule has 0 bridgehead atoms. The highest BCUT2D eigenvalue weighted by Gasteiger charge is 2.17. The predicted molar refractivity (Wildman–Crippen MR) is 52.2 cm³/mol. The molecule has 13 heavy (non-hydrogen) atoms. The van der Waals surface area contributed by atoms with Gasteiger partial charge in [0.25, 0.3) is 0 Å². The predicted octanol–water partition coefficient (Wildman–Crippen LogP) is 1.35. The van der Waals surface area contributed by atoms with E-state index in [9.17, 15) is 10.1 Å². The molecule has 0 aliphatic heterocycles. The number of thiol groups is 1. The van der Waals surface area contributed by atoms with Crippen LogP contribution in [0.4, 0.5) is 5.82 Å². The Kier molecular flexibility index (Phi) is 3.30. The number of nitro groups is 1. The van der Waals surface area contributed by atoms with Gasteiger partial charge in [0.1, 0.15) is 5.69 Å². The quantitative estimate of drug-likeness (QED) is 0.439. The summed E-state index contributed by atoms with van der Waals surface area (Å²) in [7, 11) is 0. The second kappa shape index (κ2) is 4.27. The Hall–Kier alpha value is -1.04. The Morgan fingerprint density at radius 2 is 2.38 bits per heavy atom. The van der Waals surface area contributed by atoms with E-state index in [0.717, 1.165) is 0 Å². The first-order valence-corrected chi connectivity index (χ1v) is 4.65. The molecule has 0 aromatic carbocycles. The summed E-state index contributed by atoms with van der Waals surface area (Å²) in [5, 5.41) is 10.5. The van der Waals surface area contributed by atoms with Crippen molar-refractivity contribution in [3.8, 4) is 0 Å². The Morgan fingerprint density at radius 1 is 1.69 bits per heavy atom.